The van der Waals surface area contributed by atoms with Gasteiger partial charge < -0.3 is 5.32 Å². The molecule has 0 spiro atoms. The van der Waals surface area contributed by atoms with Gasteiger partial charge in [-0.1, -0.05) is 0 Å². The molecule has 3 nitrogen and oxygen atoms in total. The molecule has 2 aromatic rings. The van der Waals surface area contributed by atoms with Crippen LogP contribution in [0, 0.1) is 0 Å². The van der Waals surface area contributed by atoms with Crippen molar-refractivity contribution < 1.29 is 4.79 Å². The van der Waals surface area contributed by atoms with Crippen molar-refractivity contribution >= 4 is 22.9 Å². The number of thiophene rings is 1. The lowest BCUT2D eigenvalue weighted by atomic mass is 10.2. The summed E-state index contributed by atoms with van der Waals surface area (Å²) in [5.74, 6) is 0.0270. The lowest BCUT2D eigenvalue weighted by molar-refractivity contribution is -0.116. The first-order valence-electron chi connectivity index (χ1n) is 5.05. The average molecular weight is 232 g/mol. The third kappa shape index (κ3) is 3.17. The molecule has 0 fully saturated rings. The molecule has 82 valence electrons. The highest BCUT2D eigenvalue weighted by Gasteiger charge is 2.02. The molecule has 1 amide bonds. The molecule has 2 heterocycles. The molecule has 16 heavy (non-hydrogen) atoms. The van der Waals surface area contributed by atoms with Gasteiger partial charge in [-0.15, -0.1) is 0 Å². The summed E-state index contributed by atoms with van der Waals surface area (Å²) in [4.78, 5) is 15.5. The number of aromatic nitrogens is 1. The first-order chi connectivity index (χ1) is 7.84. The molecule has 1 N–H and O–H groups in total. The Bertz CT molecular complexity index is 439. The fourth-order valence-corrected chi connectivity index (χ4v) is 2.06. The van der Waals surface area contributed by atoms with Crippen LogP contribution in [-0.4, -0.2) is 10.9 Å². The Labute approximate surface area is 98.2 Å². The van der Waals surface area contributed by atoms with Gasteiger partial charge in [0.25, 0.3) is 0 Å². The maximum atomic E-state index is 11.6. The molecular weight excluding hydrogens is 220 g/mol. The van der Waals surface area contributed by atoms with Gasteiger partial charge >= 0.3 is 0 Å². The van der Waals surface area contributed by atoms with E-state index in [1.807, 2.05) is 17.5 Å². The van der Waals surface area contributed by atoms with Gasteiger partial charge in [0.15, 0.2) is 0 Å². The van der Waals surface area contributed by atoms with E-state index in [9.17, 15) is 4.79 Å². The van der Waals surface area contributed by atoms with Crippen LogP contribution in [0.15, 0.2) is 41.4 Å². The van der Waals surface area contributed by atoms with Crippen LogP contribution in [-0.2, 0) is 11.2 Å². The quantitative estimate of drug-likeness (QED) is 0.880. The van der Waals surface area contributed by atoms with E-state index in [2.05, 4.69) is 15.7 Å². The summed E-state index contributed by atoms with van der Waals surface area (Å²) in [6, 6.07) is 5.67. The first-order valence-corrected chi connectivity index (χ1v) is 6.00. The summed E-state index contributed by atoms with van der Waals surface area (Å²) < 4.78 is 0. The summed E-state index contributed by atoms with van der Waals surface area (Å²) in [6.07, 6.45) is 4.62. The minimum Gasteiger partial charge on any atom is -0.325 e. The largest absolute Gasteiger partial charge is 0.325 e. The standard InChI is InChI=1S/C12H12N2OS/c15-12(4-3-10-5-7-16-9-10)14-11-2-1-6-13-8-11/h1-2,5-9H,3-4H2,(H,14,15). The van der Waals surface area contributed by atoms with Crippen molar-refractivity contribution in [3.8, 4) is 0 Å². The highest BCUT2D eigenvalue weighted by molar-refractivity contribution is 7.07. The number of anilines is 1. The van der Waals surface area contributed by atoms with E-state index in [-0.39, 0.29) is 5.91 Å². The van der Waals surface area contributed by atoms with Crippen LogP contribution in [0.4, 0.5) is 5.69 Å². The van der Waals surface area contributed by atoms with Crippen LogP contribution in [0.1, 0.15) is 12.0 Å². The zero-order valence-corrected chi connectivity index (χ0v) is 9.54. The molecular formula is C12H12N2OS. The zero-order chi connectivity index (χ0) is 11.2. The van der Waals surface area contributed by atoms with E-state index in [0.29, 0.717) is 6.42 Å². The van der Waals surface area contributed by atoms with E-state index in [1.165, 1.54) is 5.56 Å². The lowest BCUT2D eigenvalue weighted by Gasteiger charge is -2.03. The third-order valence-electron chi connectivity index (χ3n) is 2.17. The number of rotatable bonds is 4. The van der Waals surface area contributed by atoms with Crippen LogP contribution < -0.4 is 5.32 Å². The van der Waals surface area contributed by atoms with Gasteiger partial charge in [-0.05, 0) is 40.9 Å². The van der Waals surface area contributed by atoms with Crippen LogP contribution in [0.5, 0.6) is 0 Å². The number of nitrogens with zero attached hydrogens (tertiary/aromatic N) is 1. The number of nitrogens with one attached hydrogen (secondary N) is 1. The van der Waals surface area contributed by atoms with E-state index in [1.54, 1.807) is 29.8 Å². The first kappa shape index (κ1) is 10.8. The molecule has 0 aliphatic heterocycles. The molecule has 0 bridgehead atoms. The number of pyridine rings is 1. The van der Waals surface area contributed by atoms with Gasteiger partial charge in [-0.2, -0.15) is 11.3 Å². The summed E-state index contributed by atoms with van der Waals surface area (Å²) in [7, 11) is 0. The molecule has 0 aliphatic rings. The Morgan fingerprint density at radius 3 is 3.06 bits per heavy atom. The van der Waals surface area contributed by atoms with Gasteiger partial charge in [-0.25, -0.2) is 0 Å². The minimum absolute atomic E-state index is 0.0270. The van der Waals surface area contributed by atoms with Crippen molar-refractivity contribution in [1.29, 1.82) is 0 Å². The molecule has 2 aromatic heterocycles. The highest BCUT2D eigenvalue weighted by atomic mass is 32.1. The second-order valence-electron chi connectivity index (χ2n) is 3.42. The molecule has 0 saturated carbocycles. The highest BCUT2D eigenvalue weighted by Crippen LogP contribution is 2.09. The van der Waals surface area contributed by atoms with Gasteiger partial charge in [0.05, 0.1) is 11.9 Å². The molecule has 4 heteroatoms. The van der Waals surface area contributed by atoms with Crippen molar-refractivity contribution in [3.63, 3.8) is 0 Å². The number of aryl methyl sites for hydroxylation is 1. The summed E-state index contributed by atoms with van der Waals surface area (Å²) in [6.45, 7) is 0. The summed E-state index contributed by atoms with van der Waals surface area (Å²) >= 11 is 1.65. The molecule has 0 saturated heterocycles. The Hall–Kier alpha value is -1.68. The Morgan fingerprint density at radius 1 is 1.44 bits per heavy atom. The topological polar surface area (TPSA) is 42.0 Å². The van der Waals surface area contributed by atoms with Crippen LogP contribution in [0.3, 0.4) is 0 Å². The Kier molecular flexibility index (Phi) is 3.66. The Balaban J connectivity index is 1.81. The normalized spacial score (nSPS) is 10.0. The van der Waals surface area contributed by atoms with Crippen LogP contribution in [0.2, 0.25) is 0 Å². The van der Waals surface area contributed by atoms with Crippen LogP contribution >= 0.6 is 11.3 Å². The number of carbonyl (C=O) groups excluding carboxylic acids is 1. The smallest absolute Gasteiger partial charge is 0.224 e. The summed E-state index contributed by atoms with van der Waals surface area (Å²) in [5.41, 5.74) is 1.96. The molecule has 0 radical (unpaired) electrons. The van der Waals surface area contributed by atoms with Gasteiger partial charge in [0, 0.05) is 12.6 Å². The predicted molar refractivity (Wildman–Crippen MR) is 65.5 cm³/mol. The molecule has 0 unspecified atom stereocenters. The van der Waals surface area contributed by atoms with E-state index < -0.39 is 0 Å². The second-order valence-corrected chi connectivity index (χ2v) is 4.20. The Morgan fingerprint density at radius 2 is 2.38 bits per heavy atom. The summed E-state index contributed by atoms with van der Waals surface area (Å²) in [5, 5.41) is 6.90. The SMILES string of the molecule is O=C(CCc1ccsc1)Nc1cccnc1. The average Bonchev–Trinajstić information content (AvgIpc) is 2.81. The van der Waals surface area contributed by atoms with Crippen molar-refractivity contribution in [2.24, 2.45) is 0 Å². The third-order valence-corrected chi connectivity index (χ3v) is 2.90. The van der Waals surface area contributed by atoms with Gasteiger partial charge in [-0.3, -0.25) is 9.78 Å². The number of hydrogen-bond donors (Lipinski definition) is 1. The van der Waals surface area contributed by atoms with Crippen molar-refractivity contribution in [2.75, 3.05) is 5.32 Å². The molecule has 2 rings (SSSR count). The fraction of sp³-hybridized carbons (Fsp3) is 0.167. The fourth-order valence-electron chi connectivity index (χ4n) is 1.35. The number of carbonyl (C=O) groups is 1. The van der Waals surface area contributed by atoms with E-state index in [0.717, 1.165) is 12.1 Å². The maximum Gasteiger partial charge on any atom is 0.224 e. The van der Waals surface area contributed by atoms with Gasteiger partial charge in [0.1, 0.15) is 0 Å². The molecule has 0 aliphatic carbocycles. The second kappa shape index (κ2) is 5.42. The van der Waals surface area contributed by atoms with Crippen LogP contribution in [0.25, 0.3) is 0 Å². The van der Waals surface area contributed by atoms with E-state index in [4.69, 9.17) is 0 Å². The van der Waals surface area contributed by atoms with Gasteiger partial charge in [0.2, 0.25) is 5.91 Å². The molecule has 0 atom stereocenters. The van der Waals surface area contributed by atoms with Crippen molar-refractivity contribution in [2.45, 2.75) is 12.8 Å². The van der Waals surface area contributed by atoms with E-state index >= 15 is 0 Å². The monoisotopic (exact) mass is 232 g/mol. The predicted octanol–water partition coefficient (Wildman–Crippen LogP) is 2.71. The maximum absolute atomic E-state index is 11.6. The lowest BCUT2D eigenvalue weighted by Crippen LogP contribution is -2.12. The zero-order valence-electron chi connectivity index (χ0n) is 8.72. The number of hydrogen-bond acceptors (Lipinski definition) is 3. The van der Waals surface area contributed by atoms with Crippen molar-refractivity contribution in [3.05, 3.63) is 46.9 Å². The number of amides is 1. The molecule has 0 aromatic carbocycles. The van der Waals surface area contributed by atoms with Crippen molar-refractivity contribution in [1.82, 2.24) is 4.98 Å². The minimum atomic E-state index is 0.0270.